The van der Waals surface area contributed by atoms with Crippen molar-refractivity contribution in [3.63, 3.8) is 0 Å². The van der Waals surface area contributed by atoms with Gasteiger partial charge >= 0.3 is 0 Å². The van der Waals surface area contributed by atoms with Crippen molar-refractivity contribution in [3.05, 3.63) is 78.4 Å². The molecule has 1 aromatic heterocycles. The monoisotopic (exact) mass is 419 g/mol. The highest BCUT2D eigenvalue weighted by Crippen LogP contribution is 2.34. The van der Waals surface area contributed by atoms with E-state index in [-0.39, 0.29) is 17.5 Å². The topological polar surface area (TPSA) is 79.6 Å². The van der Waals surface area contributed by atoms with Crippen LogP contribution >= 0.6 is 11.8 Å². The van der Waals surface area contributed by atoms with Crippen molar-refractivity contribution in [2.45, 2.75) is 18.0 Å². The summed E-state index contributed by atoms with van der Waals surface area (Å²) < 4.78 is 13.5. The Balaban J connectivity index is 1.64. The SMILES string of the molecule is CC1=Nc2ccccc2N=C(NC(=O)CSc2ncccn2)[C@@H]1c1ccc(F)cc1. The van der Waals surface area contributed by atoms with Crippen LogP contribution in [0, 0.1) is 5.82 Å². The lowest BCUT2D eigenvalue weighted by Gasteiger charge is -2.19. The highest BCUT2D eigenvalue weighted by molar-refractivity contribution is 7.99. The zero-order chi connectivity index (χ0) is 20.9. The fourth-order valence-electron chi connectivity index (χ4n) is 3.12. The molecule has 4 rings (SSSR count). The van der Waals surface area contributed by atoms with Crippen LogP contribution in [0.4, 0.5) is 15.8 Å². The Kier molecular flexibility index (Phi) is 5.94. The van der Waals surface area contributed by atoms with Gasteiger partial charge in [-0.2, -0.15) is 0 Å². The number of thioether (sulfide) groups is 1. The maximum atomic E-state index is 13.5. The van der Waals surface area contributed by atoms with Gasteiger partial charge in [0.25, 0.3) is 0 Å². The Labute approximate surface area is 177 Å². The second-order valence-corrected chi connectivity index (χ2v) is 7.53. The van der Waals surface area contributed by atoms with Crippen LogP contribution in [0.2, 0.25) is 0 Å². The van der Waals surface area contributed by atoms with Gasteiger partial charge in [-0.25, -0.2) is 19.4 Å². The summed E-state index contributed by atoms with van der Waals surface area (Å²) in [5.74, 6) is -0.373. The summed E-state index contributed by atoms with van der Waals surface area (Å²) in [4.78, 5) is 30.3. The first-order chi connectivity index (χ1) is 14.6. The third kappa shape index (κ3) is 4.60. The summed E-state index contributed by atoms with van der Waals surface area (Å²) in [7, 11) is 0. The lowest BCUT2D eigenvalue weighted by Crippen LogP contribution is -2.38. The maximum absolute atomic E-state index is 13.5. The number of amides is 1. The number of amidine groups is 1. The number of hydrogen-bond acceptors (Lipinski definition) is 6. The van der Waals surface area contributed by atoms with E-state index in [9.17, 15) is 9.18 Å². The number of benzene rings is 2. The van der Waals surface area contributed by atoms with Crippen LogP contribution in [0.1, 0.15) is 18.4 Å². The number of halogens is 1. The second kappa shape index (κ2) is 8.96. The van der Waals surface area contributed by atoms with Crippen LogP contribution in [0.15, 0.2) is 82.1 Å². The van der Waals surface area contributed by atoms with Crippen LogP contribution < -0.4 is 5.32 Å². The van der Waals surface area contributed by atoms with E-state index in [2.05, 4.69) is 15.3 Å². The Morgan fingerprint density at radius 3 is 2.37 bits per heavy atom. The molecule has 1 atom stereocenters. The molecule has 2 aromatic carbocycles. The summed E-state index contributed by atoms with van der Waals surface area (Å²) in [6.07, 6.45) is 3.26. The molecule has 0 aliphatic carbocycles. The maximum Gasteiger partial charge on any atom is 0.235 e. The molecular formula is C22H18FN5OS. The molecular weight excluding hydrogens is 401 g/mol. The van der Waals surface area contributed by atoms with E-state index in [0.29, 0.717) is 16.7 Å². The molecule has 0 saturated carbocycles. The fraction of sp³-hybridized carbons (Fsp3) is 0.136. The largest absolute Gasteiger partial charge is 0.313 e. The van der Waals surface area contributed by atoms with E-state index >= 15 is 0 Å². The molecule has 150 valence electrons. The van der Waals surface area contributed by atoms with Crippen molar-refractivity contribution in [1.29, 1.82) is 0 Å². The molecule has 0 fully saturated rings. The fourth-order valence-corrected chi connectivity index (χ4v) is 3.73. The summed E-state index contributed by atoms with van der Waals surface area (Å²) in [6.45, 7) is 1.88. The average Bonchev–Trinajstić information content (AvgIpc) is 2.89. The van der Waals surface area contributed by atoms with Gasteiger partial charge in [0.1, 0.15) is 11.7 Å². The van der Waals surface area contributed by atoms with Crippen LogP contribution in [0.25, 0.3) is 0 Å². The van der Waals surface area contributed by atoms with Crippen molar-refractivity contribution >= 4 is 40.6 Å². The Bertz CT molecular complexity index is 1120. The van der Waals surface area contributed by atoms with Gasteiger partial charge in [0, 0.05) is 18.1 Å². The minimum atomic E-state index is -0.403. The molecule has 2 heterocycles. The molecule has 30 heavy (non-hydrogen) atoms. The molecule has 3 aromatic rings. The third-order valence-electron chi connectivity index (χ3n) is 4.46. The smallest absolute Gasteiger partial charge is 0.235 e. The minimum Gasteiger partial charge on any atom is -0.313 e. The molecule has 1 aliphatic rings. The summed E-state index contributed by atoms with van der Waals surface area (Å²) in [5, 5.41) is 3.45. The third-order valence-corrected chi connectivity index (χ3v) is 5.33. The zero-order valence-electron chi connectivity index (χ0n) is 16.1. The first kappa shape index (κ1) is 19.9. The highest BCUT2D eigenvalue weighted by Gasteiger charge is 2.26. The van der Waals surface area contributed by atoms with Gasteiger partial charge in [-0.3, -0.25) is 9.79 Å². The van der Waals surface area contributed by atoms with E-state index in [1.165, 1.54) is 23.9 Å². The Morgan fingerprint density at radius 2 is 1.67 bits per heavy atom. The summed E-state index contributed by atoms with van der Waals surface area (Å²) in [6, 6.07) is 15.3. The number of carbonyl (C=O) groups excluding carboxylic acids is 1. The van der Waals surface area contributed by atoms with Crippen molar-refractivity contribution in [2.24, 2.45) is 9.98 Å². The highest BCUT2D eigenvalue weighted by atomic mass is 32.2. The van der Waals surface area contributed by atoms with Gasteiger partial charge in [0.2, 0.25) is 5.91 Å². The molecule has 8 heteroatoms. The predicted molar refractivity (Wildman–Crippen MR) is 116 cm³/mol. The Hall–Kier alpha value is -3.39. The van der Waals surface area contributed by atoms with E-state index in [1.54, 1.807) is 30.6 Å². The number of nitrogens with zero attached hydrogens (tertiary/aromatic N) is 4. The molecule has 1 amide bonds. The summed E-state index contributed by atoms with van der Waals surface area (Å²) in [5.41, 5.74) is 2.93. The molecule has 0 saturated heterocycles. The standard InChI is InChI=1S/C22H18FN5OS/c1-14-20(15-7-9-16(23)10-8-15)21(27-18-6-3-2-5-17(18)26-14)28-19(29)13-30-22-24-11-4-12-25-22/h2-12,20H,13H2,1H3,(H,27,28,29)/t20-/m0/s1. The van der Waals surface area contributed by atoms with Crippen LogP contribution in [-0.2, 0) is 4.79 Å². The first-order valence-electron chi connectivity index (χ1n) is 9.28. The zero-order valence-corrected chi connectivity index (χ0v) is 16.9. The normalized spacial score (nSPS) is 15.5. The number of fused-ring (bicyclic) bond motifs is 1. The van der Waals surface area contributed by atoms with Crippen molar-refractivity contribution in [2.75, 3.05) is 5.75 Å². The van der Waals surface area contributed by atoms with Crippen LogP contribution in [-0.4, -0.2) is 33.2 Å². The van der Waals surface area contributed by atoms with E-state index < -0.39 is 5.92 Å². The summed E-state index contributed by atoms with van der Waals surface area (Å²) >= 11 is 1.24. The molecule has 0 spiro atoms. The molecule has 0 radical (unpaired) electrons. The molecule has 1 aliphatic heterocycles. The van der Waals surface area contributed by atoms with E-state index in [4.69, 9.17) is 9.98 Å². The average molecular weight is 419 g/mol. The Morgan fingerprint density at radius 1 is 1.00 bits per heavy atom. The molecule has 1 N–H and O–H groups in total. The lowest BCUT2D eigenvalue weighted by molar-refractivity contribution is -0.117. The van der Waals surface area contributed by atoms with Gasteiger partial charge in [0.05, 0.1) is 23.0 Å². The number of carbonyl (C=O) groups is 1. The first-order valence-corrected chi connectivity index (χ1v) is 10.3. The van der Waals surface area contributed by atoms with Gasteiger partial charge < -0.3 is 5.32 Å². The minimum absolute atomic E-state index is 0.136. The van der Waals surface area contributed by atoms with Gasteiger partial charge in [-0.15, -0.1) is 0 Å². The quantitative estimate of drug-likeness (QED) is 0.501. The van der Waals surface area contributed by atoms with Crippen LogP contribution in [0.3, 0.4) is 0 Å². The number of aliphatic imine (C=N–C) groups is 2. The number of rotatable bonds is 4. The second-order valence-electron chi connectivity index (χ2n) is 6.59. The molecule has 0 bridgehead atoms. The molecule has 0 unspecified atom stereocenters. The van der Waals surface area contributed by atoms with Crippen molar-refractivity contribution in [1.82, 2.24) is 15.3 Å². The van der Waals surface area contributed by atoms with Crippen LogP contribution in [0.5, 0.6) is 0 Å². The van der Waals surface area contributed by atoms with E-state index in [1.807, 2.05) is 31.2 Å². The predicted octanol–water partition coefficient (Wildman–Crippen LogP) is 4.44. The lowest BCUT2D eigenvalue weighted by atomic mass is 9.93. The number of hydrogen-bond donors (Lipinski definition) is 1. The van der Waals surface area contributed by atoms with Gasteiger partial charge in [-0.05, 0) is 42.8 Å². The van der Waals surface area contributed by atoms with Gasteiger partial charge in [0.15, 0.2) is 5.16 Å². The van der Waals surface area contributed by atoms with Gasteiger partial charge in [-0.1, -0.05) is 36.0 Å². The van der Waals surface area contributed by atoms with Crippen molar-refractivity contribution in [3.8, 4) is 0 Å². The number of para-hydroxylation sites is 2. The number of aromatic nitrogens is 2. The van der Waals surface area contributed by atoms with Crippen molar-refractivity contribution < 1.29 is 9.18 Å². The number of nitrogens with one attached hydrogen (secondary N) is 1. The van der Waals surface area contributed by atoms with E-state index in [0.717, 1.165) is 17.0 Å². The molecule has 6 nitrogen and oxygen atoms in total.